The molecule has 0 saturated heterocycles. The quantitative estimate of drug-likeness (QED) is 0.666. The first-order valence-corrected chi connectivity index (χ1v) is 9.75. The smallest absolute Gasteiger partial charge is 0.474 e. The minimum Gasteiger partial charge on any atom is -0.474 e. The van der Waals surface area contributed by atoms with E-state index in [4.69, 9.17) is 14.2 Å². The molecule has 0 aliphatic heterocycles. The van der Waals surface area contributed by atoms with E-state index >= 15 is 0 Å². The van der Waals surface area contributed by atoms with Crippen molar-refractivity contribution in [3.8, 4) is 5.88 Å². The van der Waals surface area contributed by atoms with E-state index in [0.717, 1.165) is 0 Å². The lowest BCUT2D eigenvalue weighted by Crippen LogP contribution is -2.21. The third-order valence-electron chi connectivity index (χ3n) is 4.23. The maximum Gasteiger partial charge on any atom is 0.695 e. The first-order chi connectivity index (χ1) is 12.0. The third kappa shape index (κ3) is 8.16. The van der Waals surface area contributed by atoms with Gasteiger partial charge < -0.3 is 14.7 Å². The van der Waals surface area contributed by atoms with E-state index in [2.05, 4.69) is 35.6 Å². The summed E-state index contributed by atoms with van der Waals surface area (Å²) in [4.78, 5) is 18.8. The van der Waals surface area contributed by atoms with Crippen molar-refractivity contribution in [3.05, 3.63) is 18.6 Å². The predicted molar refractivity (Wildman–Crippen MR) is 94.4 cm³/mol. The molecule has 1 aromatic heterocycles. The largest absolute Gasteiger partial charge is 0.695 e. The summed E-state index contributed by atoms with van der Waals surface area (Å²) in [7, 11) is -2.66. The highest BCUT2D eigenvalue weighted by Crippen LogP contribution is 2.35. The highest BCUT2D eigenvalue weighted by Gasteiger charge is 2.41. The van der Waals surface area contributed by atoms with Gasteiger partial charge in [0.25, 0.3) is 0 Å². The van der Waals surface area contributed by atoms with Gasteiger partial charge in [0.15, 0.2) is 0 Å². The maximum atomic E-state index is 10.7. The number of ether oxygens (including phenoxy) is 1. The second-order valence-corrected chi connectivity index (χ2v) is 6.39. The summed E-state index contributed by atoms with van der Waals surface area (Å²) in [5.41, 5.74) is 0. The van der Waals surface area contributed by atoms with E-state index in [9.17, 15) is 9.67 Å². The summed E-state index contributed by atoms with van der Waals surface area (Å²) in [6.07, 6.45) is 3.32. The Bertz CT molecular complexity index is 484. The van der Waals surface area contributed by atoms with E-state index in [1.54, 1.807) is 12.3 Å². The van der Waals surface area contributed by atoms with Crippen LogP contribution in [0.1, 0.15) is 33.6 Å². The zero-order valence-corrected chi connectivity index (χ0v) is 16.0. The molecule has 8 nitrogen and oxygen atoms in total. The van der Waals surface area contributed by atoms with Crippen LogP contribution in [0.15, 0.2) is 18.6 Å². The van der Waals surface area contributed by atoms with Crippen LogP contribution in [0.2, 0.25) is 0 Å². The molecular formula is C16H29N3O5P+. The van der Waals surface area contributed by atoms with Gasteiger partial charge in [0.05, 0.1) is 0 Å². The minimum absolute atomic E-state index is 0.0997. The standard InChI is InChI=1S/C10H13N2O5P.C6H15N/c13-5-7-3-8(4-9(7)17-18(14)15)16-10-1-2-11-6-12-10;1-4-7(5-2)6-3/h1-2,6-9,13H,3-5H2;4-6H2,1-3H3/p+1/t7-,8-,9+;/m1./s1. The summed E-state index contributed by atoms with van der Waals surface area (Å²) in [5, 5.41) is 9.20. The molecule has 4 atom stereocenters. The molecule has 1 fully saturated rings. The summed E-state index contributed by atoms with van der Waals surface area (Å²) in [6, 6.07) is 1.63. The van der Waals surface area contributed by atoms with E-state index < -0.39 is 14.4 Å². The molecule has 0 amide bonds. The summed E-state index contributed by atoms with van der Waals surface area (Å²) in [5.74, 6) is 0.253. The lowest BCUT2D eigenvalue weighted by atomic mass is 10.1. The predicted octanol–water partition coefficient (Wildman–Crippen LogP) is 2.01. The molecule has 1 saturated carbocycles. The first kappa shape index (κ1) is 21.9. The van der Waals surface area contributed by atoms with Gasteiger partial charge in [0, 0.05) is 35.8 Å². The molecule has 2 N–H and O–H groups in total. The van der Waals surface area contributed by atoms with Gasteiger partial charge in [-0.3, -0.25) is 0 Å². The summed E-state index contributed by atoms with van der Waals surface area (Å²) >= 11 is 0. The molecule has 0 spiro atoms. The summed E-state index contributed by atoms with van der Waals surface area (Å²) < 4.78 is 21.1. The van der Waals surface area contributed by atoms with E-state index in [0.29, 0.717) is 18.7 Å². The number of hydrogen-bond acceptors (Lipinski definition) is 7. The van der Waals surface area contributed by atoms with Crippen LogP contribution >= 0.6 is 8.25 Å². The topological polar surface area (TPSA) is 105 Å². The van der Waals surface area contributed by atoms with E-state index in [1.807, 2.05) is 0 Å². The zero-order chi connectivity index (χ0) is 18.7. The number of aliphatic hydroxyl groups is 1. The molecule has 2 rings (SSSR count). The highest BCUT2D eigenvalue weighted by molar-refractivity contribution is 7.32. The second-order valence-electron chi connectivity index (χ2n) is 5.70. The SMILES string of the molecule is CCN(CC)CC.O=[P+](O)O[C@H]1C[C@H](Oc2ccncn2)C[C@@H]1CO. The number of aromatic nitrogens is 2. The van der Waals surface area contributed by atoms with Crippen LogP contribution < -0.4 is 4.74 Å². The average molecular weight is 374 g/mol. The summed E-state index contributed by atoms with van der Waals surface area (Å²) in [6.45, 7) is 10.0. The van der Waals surface area contributed by atoms with Gasteiger partial charge in [-0.1, -0.05) is 20.8 Å². The Kier molecular flexibility index (Phi) is 10.7. The fraction of sp³-hybridized carbons (Fsp3) is 0.750. The van der Waals surface area contributed by atoms with Gasteiger partial charge in [-0.05, 0) is 26.1 Å². The molecule has 9 heteroatoms. The van der Waals surface area contributed by atoms with Gasteiger partial charge in [-0.25, -0.2) is 9.97 Å². The molecule has 1 unspecified atom stereocenters. The monoisotopic (exact) mass is 374 g/mol. The fourth-order valence-corrected chi connectivity index (χ4v) is 3.25. The molecular weight excluding hydrogens is 345 g/mol. The van der Waals surface area contributed by atoms with Crippen molar-refractivity contribution in [1.82, 2.24) is 14.9 Å². The van der Waals surface area contributed by atoms with Crippen molar-refractivity contribution in [2.45, 2.75) is 45.8 Å². The highest BCUT2D eigenvalue weighted by atomic mass is 31.1. The van der Waals surface area contributed by atoms with Crippen molar-refractivity contribution in [2.75, 3.05) is 26.2 Å². The molecule has 0 bridgehead atoms. The molecule has 0 aromatic carbocycles. The van der Waals surface area contributed by atoms with Crippen molar-refractivity contribution in [2.24, 2.45) is 5.92 Å². The Morgan fingerprint density at radius 3 is 2.40 bits per heavy atom. The molecule has 1 aliphatic rings. The van der Waals surface area contributed by atoms with Crippen molar-refractivity contribution < 1.29 is 23.8 Å². The Morgan fingerprint density at radius 2 is 1.96 bits per heavy atom. The maximum absolute atomic E-state index is 10.7. The van der Waals surface area contributed by atoms with Crippen LogP contribution in [0.5, 0.6) is 5.88 Å². The zero-order valence-electron chi connectivity index (χ0n) is 15.1. The Hall–Kier alpha value is -1.18. The number of hydrogen-bond donors (Lipinski definition) is 2. The first-order valence-electron chi connectivity index (χ1n) is 8.62. The van der Waals surface area contributed by atoms with Gasteiger partial charge in [-0.2, -0.15) is 0 Å². The van der Waals surface area contributed by atoms with Crippen LogP contribution in [0.25, 0.3) is 0 Å². The van der Waals surface area contributed by atoms with Crippen LogP contribution in [0.3, 0.4) is 0 Å². The van der Waals surface area contributed by atoms with Crippen molar-refractivity contribution in [3.63, 3.8) is 0 Å². The van der Waals surface area contributed by atoms with Crippen LogP contribution in [-0.4, -0.2) is 63.3 Å². The Morgan fingerprint density at radius 1 is 1.28 bits per heavy atom. The molecule has 1 aromatic rings. The van der Waals surface area contributed by atoms with Gasteiger partial charge >= 0.3 is 8.25 Å². The number of rotatable bonds is 8. The van der Waals surface area contributed by atoms with Crippen LogP contribution in [0, 0.1) is 5.92 Å². The lowest BCUT2D eigenvalue weighted by molar-refractivity contribution is 0.105. The lowest BCUT2D eigenvalue weighted by Gasteiger charge is -2.13. The van der Waals surface area contributed by atoms with Crippen LogP contribution in [0.4, 0.5) is 0 Å². The third-order valence-corrected chi connectivity index (χ3v) is 4.68. The molecule has 142 valence electrons. The molecule has 1 heterocycles. The van der Waals surface area contributed by atoms with E-state index in [1.165, 1.54) is 26.0 Å². The number of nitrogens with zero attached hydrogens (tertiary/aromatic N) is 3. The normalized spacial score (nSPS) is 23.1. The van der Waals surface area contributed by atoms with Gasteiger partial charge in [0.2, 0.25) is 5.88 Å². The van der Waals surface area contributed by atoms with Crippen molar-refractivity contribution in [1.29, 1.82) is 0 Å². The number of aliphatic hydroxyl groups excluding tert-OH is 1. The van der Waals surface area contributed by atoms with Gasteiger partial charge in [-0.15, -0.1) is 9.42 Å². The van der Waals surface area contributed by atoms with Crippen molar-refractivity contribution >= 4 is 8.25 Å². The van der Waals surface area contributed by atoms with E-state index in [-0.39, 0.29) is 18.6 Å². The average Bonchev–Trinajstić information content (AvgIpc) is 2.98. The Labute approximate surface area is 150 Å². The Balaban J connectivity index is 0.000000381. The molecule has 25 heavy (non-hydrogen) atoms. The minimum atomic E-state index is -2.66. The second kappa shape index (κ2) is 12.2. The van der Waals surface area contributed by atoms with Crippen LogP contribution in [-0.2, 0) is 9.09 Å². The molecule has 1 aliphatic carbocycles. The molecule has 0 radical (unpaired) electrons. The fourth-order valence-electron chi connectivity index (χ4n) is 2.76. The van der Waals surface area contributed by atoms with Gasteiger partial charge in [0.1, 0.15) is 18.5 Å².